The number of piperidine rings is 1. The maximum atomic E-state index is 13.7. The van der Waals surface area contributed by atoms with Crippen LogP contribution in [0.25, 0.3) is 0 Å². The third-order valence-electron chi connectivity index (χ3n) is 6.94. The summed E-state index contributed by atoms with van der Waals surface area (Å²) in [5.74, 6) is 1.30. The Bertz CT molecular complexity index is 1070. The molecule has 2 aliphatic heterocycles. The van der Waals surface area contributed by atoms with Gasteiger partial charge in [0.05, 0.1) is 18.0 Å². The van der Waals surface area contributed by atoms with Crippen LogP contribution in [0.5, 0.6) is 0 Å². The largest absolute Gasteiger partial charge is 0.445 e. The summed E-state index contributed by atoms with van der Waals surface area (Å²) in [6, 6.07) is 2.04. The highest BCUT2D eigenvalue weighted by Crippen LogP contribution is 2.37. The van der Waals surface area contributed by atoms with Crippen LogP contribution in [0.1, 0.15) is 87.0 Å². The molecule has 4 heterocycles. The molecular formula is C25H34N4O3S. The third-order valence-corrected chi connectivity index (χ3v) is 7.86. The van der Waals surface area contributed by atoms with Gasteiger partial charge >= 0.3 is 0 Å². The van der Waals surface area contributed by atoms with E-state index in [0.29, 0.717) is 42.4 Å². The Morgan fingerprint density at radius 2 is 2.15 bits per heavy atom. The molecule has 0 bridgehead atoms. The summed E-state index contributed by atoms with van der Waals surface area (Å²) in [6.45, 7) is 11.0. The standard InChI is InChI=1S/C25H34N4O3S/c1-6-18-10-12-26-29(14-18)24-20(11-13-33-24)23(30)28-15-19(9-8-16(28)3)22-27-21(17(4)32-22)25(5,31)7-2/h10-13,16,19,31H,6-9,14-15H2,1-5H3. The van der Waals surface area contributed by atoms with E-state index in [4.69, 9.17) is 4.42 Å². The van der Waals surface area contributed by atoms with Crippen molar-refractivity contribution in [1.82, 2.24) is 9.88 Å². The van der Waals surface area contributed by atoms with Crippen LogP contribution >= 0.6 is 11.3 Å². The fourth-order valence-electron chi connectivity index (χ4n) is 4.53. The number of aliphatic hydroxyl groups is 1. The molecule has 178 valence electrons. The molecule has 0 aromatic carbocycles. The molecule has 4 rings (SSSR count). The van der Waals surface area contributed by atoms with Crippen LogP contribution in [0.15, 0.2) is 32.6 Å². The number of nitrogens with zero attached hydrogens (tertiary/aromatic N) is 4. The van der Waals surface area contributed by atoms with Gasteiger partial charge in [-0.25, -0.2) is 4.98 Å². The first-order valence-corrected chi connectivity index (χ1v) is 12.7. The number of aryl methyl sites for hydroxylation is 1. The van der Waals surface area contributed by atoms with E-state index in [1.165, 1.54) is 5.57 Å². The van der Waals surface area contributed by atoms with Crippen molar-refractivity contribution in [3.05, 3.63) is 46.0 Å². The van der Waals surface area contributed by atoms with Gasteiger partial charge in [0, 0.05) is 18.8 Å². The highest BCUT2D eigenvalue weighted by Gasteiger charge is 2.36. The summed E-state index contributed by atoms with van der Waals surface area (Å²) >= 11 is 1.55. The van der Waals surface area contributed by atoms with Crippen molar-refractivity contribution in [2.24, 2.45) is 5.10 Å². The van der Waals surface area contributed by atoms with Gasteiger partial charge in [-0.3, -0.25) is 9.80 Å². The number of anilines is 1. The van der Waals surface area contributed by atoms with Crippen LogP contribution in [0, 0.1) is 6.92 Å². The highest BCUT2D eigenvalue weighted by molar-refractivity contribution is 7.14. The normalized spacial score (nSPS) is 22.9. The Kier molecular flexibility index (Phi) is 6.77. The van der Waals surface area contributed by atoms with Crippen molar-refractivity contribution in [3.63, 3.8) is 0 Å². The lowest BCUT2D eigenvalue weighted by atomic mass is 9.92. The zero-order chi connectivity index (χ0) is 23.8. The predicted octanol–water partition coefficient (Wildman–Crippen LogP) is 5.21. The molecule has 0 spiro atoms. The SMILES string of the molecule is CCC1=CC=NN(c2sccc2C(=O)N2CC(c3nc(C(C)(O)CC)c(C)o3)CCC2C)C1. The summed E-state index contributed by atoms with van der Waals surface area (Å²) in [4.78, 5) is 20.3. The Hall–Kier alpha value is -2.45. The first-order valence-electron chi connectivity index (χ1n) is 11.8. The Labute approximate surface area is 199 Å². The average Bonchev–Trinajstić information content (AvgIpc) is 3.46. The number of carbonyl (C=O) groups is 1. The Morgan fingerprint density at radius 1 is 1.36 bits per heavy atom. The van der Waals surface area contributed by atoms with E-state index in [2.05, 4.69) is 23.9 Å². The summed E-state index contributed by atoms with van der Waals surface area (Å²) < 4.78 is 6.00. The zero-order valence-electron chi connectivity index (χ0n) is 20.2. The fourth-order valence-corrected chi connectivity index (χ4v) is 5.38. The minimum absolute atomic E-state index is 0.00924. The van der Waals surface area contributed by atoms with Crippen molar-refractivity contribution in [2.45, 2.75) is 77.9 Å². The van der Waals surface area contributed by atoms with Gasteiger partial charge in [0.25, 0.3) is 5.91 Å². The van der Waals surface area contributed by atoms with Gasteiger partial charge in [0.2, 0.25) is 0 Å². The zero-order valence-corrected chi connectivity index (χ0v) is 21.0. The molecule has 3 atom stereocenters. The molecule has 0 aliphatic carbocycles. The number of hydrogen-bond donors (Lipinski definition) is 1. The molecule has 1 fully saturated rings. The number of allylic oxidation sites excluding steroid dienone is 1. The van der Waals surface area contributed by atoms with E-state index in [0.717, 1.165) is 24.3 Å². The van der Waals surface area contributed by atoms with Crippen LogP contribution in [0.4, 0.5) is 5.00 Å². The van der Waals surface area contributed by atoms with Crippen LogP contribution < -0.4 is 5.01 Å². The Morgan fingerprint density at radius 3 is 2.88 bits per heavy atom. The second-order valence-electron chi connectivity index (χ2n) is 9.31. The lowest BCUT2D eigenvalue weighted by Gasteiger charge is -2.37. The van der Waals surface area contributed by atoms with E-state index in [1.54, 1.807) is 18.3 Å². The number of oxazole rings is 1. The van der Waals surface area contributed by atoms with Crippen molar-refractivity contribution in [2.75, 3.05) is 18.1 Å². The summed E-state index contributed by atoms with van der Waals surface area (Å²) in [5, 5.41) is 20.0. The van der Waals surface area contributed by atoms with Gasteiger partial charge in [-0.1, -0.05) is 13.8 Å². The molecular weight excluding hydrogens is 436 g/mol. The first-order chi connectivity index (χ1) is 15.7. The molecule has 0 radical (unpaired) electrons. The lowest BCUT2D eigenvalue weighted by Crippen LogP contribution is -2.45. The first kappa shape index (κ1) is 23.7. The van der Waals surface area contributed by atoms with Crippen molar-refractivity contribution >= 4 is 28.5 Å². The van der Waals surface area contributed by atoms with Crippen LogP contribution in [-0.4, -0.2) is 46.2 Å². The number of likely N-dealkylation sites (tertiary alicyclic amines) is 1. The molecule has 33 heavy (non-hydrogen) atoms. The molecule has 3 unspecified atom stereocenters. The van der Waals surface area contributed by atoms with Gasteiger partial charge in [-0.15, -0.1) is 11.3 Å². The van der Waals surface area contributed by atoms with Gasteiger partial charge in [-0.2, -0.15) is 5.10 Å². The number of rotatable bonds is 6. The van der Waals surface area contributed by atoms with Gasteiger partial charge < -0.3 is 14.4 Å². The molecule has 2 aromatic rings. The van der Waals surface area contributed by atoms with E-state index in [9.17, 15) is 9.90 Å². The summed E-state index contributed by atoms with van der Waals surface area (Å²) in [5.41, 5.74) is 1.57. The summed E-state index contributed by atoms with van der Waals surface area (Å²) in [7, 11) is 0. The number of thiophene rings is 1. The fraction of sp³-hybridized carbons (Fsp3) is 0.560. The smallest absolute Gasteiger partial charge is 0.257 e. The number of aromatic nitrogens is 1. The average molecular weight is 471 g/mol. The van der Waals surface area contributed by atoms with Crippen LogP contribution in [0.3, 0.4) is 0 Å². The van der Waals surface area contributed by atoms with E-state index in [1.807, 2.05) is 47.5 Å². The van der Waals surface area contributed by atoms with E-state index < -0.39 is 5.60 Å². The number of carbonyl (C=O) groups excluding carboxylic acids is 1. The minimum Gasteiger partial charge on any atom is -0.445 e. The second-order valence-corrected chi connectivity index (χ2v) is 10.2. The van der Waals surface area contributed by atoms with E-state index in [-0.39, 0.29) is 17.9 Å². The third kappa shape index (κ3) is 4.64. The maximum absolute atomic E-state index is 13.7. The summed E-state index contributed by atoms with van der Waals surface area (Å²) in [6.07, 6.45) is 7.15. The van der Waals surface area contributed by atoms with Crippen molar-refractivity contribution < 1.29 is 14.3 Å². The molecule has 2 aromatic heterocycles. The van der Waals surface area contributed by atoms with Crippen molar-refractivity contribution in [3.8, 4) is 0 Å². The predicted molar refractivity (Wildman–Crippen MR) is 132 cm³/mol. The molecule has 0 saturated carbocycles. The Balaban J connectivity index is 1.55. The van der Waals surface area contributed by atoms with Crippen LogP contribution in [-0.2, 0) is 5.60 Å². The van der Waals surface area contributed by atoms with Crippen molar-refractivity contribution in [1.29, 1.82) is 0 Å². The highest BCUT2D eigenvalue weighted by atomic mass is 32.1. The molecule has 2 aliphatic rings. The minimum atomic E-state index is -1.02. The van der Waals surface area contributed by atoms with Crippen LogP contribution in [0.2, 0.25) is 0 Å². The maximum Gasteiger partial charge on any atom is 0.257 e. The molecule has 1 saturated heterocycles. The number of hydrogen-bond acceptors (Lipinski definition) is 7. The monoisotopic (exact) mass is 470 g/mol. The molecule has 7 nitrogen and oxygen atoms in total. The van der Waals surface area contributed by atoms with E-state index >= 15 is 0 Å². The van der Waals surface area contributed by atoms with Gasteiger partial charge in [-0.05, 0) is 69.6 Å². The van der Waals surface area contributed by atoms with Gasteiger partial charge in [0.1, 0.15) is 22.1 Å². The second kappa shape index (κ2) is 9.43. The molecule has 1 N–H and O–H groups in total. The topological polar surface area (TPSA) is 82.2 Å². The number of hydrazone groups is 1. The quantitative estimate of drug-likeness (QED) is 0.626. The molecule has 1 amide bonds. The van der Waals surface area contributed by atoms with Gasteiger partial charge in [0.15, 0.2) is 5.89 Å². The lowest BCUT2D eigenvalue weighted by molar-refractivity contribution is 0.0473. The number of amides is 1. The molecule has 8 heteroatoms.